The first-order valence-corrected chi connectivity index (χ1v) is 9.05. The zero-order valence-electron chi connectivity index (χ0n) is 13.8. The monoisotopic (exact) mass is 346 g/mol. The number of carbonyl (C=O) groups excluding carboxylic acids is 1. The summed E-state index contributed by atoms with van der Waals surface area (Å²) in [7, 11) is 0. The zero-order chi connectivity index (χ0) is 16.9. The summed E-state index contributed by atoms with van der Waals surface area (Å²) in [5.74, 6) is 0.0205. The van der Waals surface area contributed by atoms with E-state index in [4.69, 9.17) is 10.5 Å². The van der Waals surface area contributed by atoms with Crippen molar-refractivity contribution in [1.29, 1.82) is 0 Å². The number of ether oxygens (including phenoxy) is 1. The molecular formula is C17H22N4O2S. The maximum atomic E-state index is 12.8. The van der Waals surface area contributed by atoms with E-state index in [1.165, 1.54) is 11.3 Å². The van der Waals surface area contributed by atoms with E-state index < -0.39 is 0 Å². The number of pyridine rings is 1. The van der Waals surface area contributed by atoms with Gasteiger partial charge < -0.3 is 15.4 Å². The topological polar surface area (TPSA) is 81.3 Å². The number of rotatable bonds is 5. The van der Waals surface area contributed by atoms with E-state index >= 15 is 0 Å². The molecule has 7 heteroatoms. The molecule has 0 aliphatic carbocycles. The third-order valence-electron chi connectivity index (χ3n) is 4.10. The van der Waals surface area contributed by atoms with Crippen LogP contribution in [-0.2, 0) is 17.8 Å². The Morgan fingerprint density at radius 1 is 1.50 bits per heavy atom. The summed E-state index contributed by atoms with van der Waals surface area (Å²) in [6, 6.07) is 5.78. The lowest BCUT2D eigenvalue weighted by Crippen LogP contribution is -2.43. The molecule has 1 atom stereocenters. The molecule has 0 spiro atoms. The third-order valence-corrected chi connectivity index (χ3v) is 5.02. The van der Waals surface area contributed by atoms with E-state index in [-0.39, 0.29) is 12.0 Å². The van der Waals surface area contributed by atoms with Crippen molar-refractivity contribution in [2.45, 2.75) is 38.9 Å². The Bertz CT molecular complexity index is 689. The fraction of sp³-hybridized carbons (Fsp3) is 0.471. The average Bonchev–Trinajstić information content (AvgIpc) is 3.01. The van der Waals surface area contributed by atoms with Crippen LogP contribution in [0.15, 0.2) is 24.4 Å². The van der Waals surface area contributed by atoms with Crippen molar-refractivity contribution < 1.29 is 9.53 Å². The van der Waals surface area contributed by atoms with E-state index in [0.29, 0.717) is 29.6 Å². The molecule has 0 aromatic carbocycles. The number of anilines is 1. The molecule has 6 nitrogen and oxygen atoms in total. The summed E-state index contributed by atoms with van der Waals surface area (Å²) < 4.78 is 5.95. The van der Waals surface area contributed by atoms with Crippen LogP contribution in [0.5, 0.6) is 0 Å². The van der Waals surface area contributed by atoms with Crippen molar-refractivity contribution in [1.82, 2.24) is 14.9 Å². The van der Waals surface area contributed by atoms with Crippen LogP contribution in [0.1, 0.15) is 40.8 Å². The lowest BCUT2D eigenvalue weighted by molar-refractivity contribution is -0.00775. The summed E-state index contributed by atoms with van der Waals surface area (Å²) in [6.07, 6.45) is 4.41. The standard InChI is InChI=1S/C17H22N4O2S/c1-2-14-15(24-17(18)20-14)16(22)21-9-5-7-13(10-21)23-11-12-6-3-4-8-19-12/h3-4,6,8,13H,2,5,7,9-11H2,1H3,(H2,18,20)/t13-/m0/s1. The van der Waals surface area contributed by atoms with Gasteiger partial charge in [-0.2, -0.15) is 0 Å². The predicted octanol–water partition coefficient (Wildman–Crippen LogP) is 2.50. The number of aromatic nitrogens is 2. The summed E-state index contributed by atoms with van der Waals surface area (Å²) >= 11 is 1.28. The SMILES string of the molecule is CCc1nc(N)sc1C(=O)N1CCC[C@H](OCc2ccccn2)C1. The number of nitrogens with two attached hydrogens (primary N) is 1. The number of aryl methyl sites for hydroxylation is 1. The van der Waals surface area contributed by atoms with Gasteiger partial charge in [0.05, 0.1) is 24.1 Å². The zero-order valence-corrected chi connectivity index (χ0v) is 14.6. The van der Waals surface area contributed by atoms with Crippen molar-refractivity contribution in [3.05, 3.63) is 40.7 Å². The number of nitrogens with zero attached hydrogens (tertiary/aromatic N) is 3. The van der Waals surface area contributed by atoms with E-state index in [1.807, 2.05) is 30.0 Å². The van der Waals surface area contributed by atoms with Gasteiger partial charge in [0, 0.05) is 19.3 Å². The number of amides is 1. The molecule has 3 rings (SSSR count). The average molecular weight is 346 g/mol. The van der Waals surface area contributed by atoms with E-state index in [1.54, 1.807) is 6.20 Å². The Kier molecular flexibility index (Phi) is 5.42. The summed E-state index contributed by atoms with van der Waals surface area (Å²) in [5.41, 5.74) is 7.46. The molecule has 1 aliphatic heterocycles. The van der Waals surface area contributed by atoms with Gasteiger partial charge in [0.15, 0.2) is 5.13 Å². The summed E-state index contributed by atoms with van der Waals surface area (Å²) in [6.45, 7) is 3.82. The molecule has 2 N–H and O–H groups in total. The summed E-state index contributed by atoms with van der Waals surface area (Å²) in [5, 5.41) is 0.454. The first kappa shape index (κ1) is 16.9. The van der Waals surface area contributed by atoms with Crippen LogP contribution in [0.25, 0.3) is 0 Å². The highest BCUT2D eigenvalue weighted by Gasteiger charge is 2.28. The minimum Gasteiger partial charge on any atom is -0.375 e. The molecular weight excluding hydrogens is 324 g/mol. The van der Waals surface area contributed by atoms with Crippen LogP contribution in [0.4, 0.5) is 5.13 Å². The molecule has 1 aliphatic rings. The first-order chi connectivity index (χ1) is 11.7. The van der Waals surface area contributed by atoms with Crippen LogP contribution in [0, 0.1) is 0 Å². The van der Waals surface area contributed by atoms with E-state index in [9.17, 15) is 4.79 Å². The number of thiazole rings is 1. The van der Waals surface area contributed by atoms with Crippen LogP contribution in [0.3, 0.4) is 0 Å². The second-order valence-electron chi connectivity index (χ2n) is 5.83. The Hall–Kier alpha value is -1.99. The van der Waals surface area contributed by atoms with Gasteiger partial charge in [-0.25, -0.2) is 4.98 Å². The third kappa shape index (κ3) is 3.91. The molecule has 0 saturated carbocycles. The molecule has 2 aromatic rings. The van der Waals surface area contributed by atoms with Gasteiger partial charge in [-0.1, -0.05) is 24.3 Å². The largest absolute Gasteiger partial charge is 0.375 e. The fourth-order valence-electron chi connectivity index (χ4n) is 2.87. The maximum absolute atomic E-state index is 12.8. The van der Waals surface area contributed by atoms with Gasteiger partial charge in [-0.05, 0) is 31.4 Å². The van der Waals surface area contributed by atoms with Crippen LogP contribution >= 0.6 is 11.3 Å². The number of carbonyl (C=O) groups is 1. The van der Waals surface area contributed by atoms with Crippen molar-refractivity contribution >= 4 is 22.4 Å². The van der Waals surface area contributed by atoms with Crippen molar-refractivity contribution in [2.75, 3.05) is 18.8 Å². The minimum atomic E-state index is 0.0205. The molecule has 1 amide bonds. The smallest absolute Gasteiger partial charge is 0.266 e. The quantitative estimate of drug-likeness (QED) is 0.899. The molecule has 1 saturated heterocycles. The Balaban J connectivity index is 1.61. The van der Waals surface area contributed by atoms with Gasteiger partial charge in [-0.3, -0.25) is 9.78 Å². The van der Waals surface area contributed by atoms with Gasteiger partial charge in [0.1, 0.15) is 4.88 Å². The Morgan fingerprint density at radius 2 is 2.38 bits per heavy atom. The highest BCUT2D eigenvalue weighted by molar-refractivity contribution is 7.17. The number of hydrogen-bond acceptors (Lipinski definition) is 6. The van der Waals surface area contributed by atoms with Crippen molar-refractivity contribution in [3.63, 3.8) is 0 Å². The second-order valence-corrected chi connectivity index (χ2v) is 6.86. The van der Waals surface area contributed by atoms with Crippen molar-refractivity contribution in [3.8, 4) is 0 Å². The summed E-state index contributed by atoms with van der Waals surface area (Å²) in [4.78, 5) is 23.8. The molecule has 3 heterocycles. The molecule has 1 fully saturated rings. The van der Waals surface area contributed by atoms with Crippen LogP contribution < -0.4 is 5.73 Å². The normalized spacial score (nSPS) is 17.9. The Labute approximate surface area is 145 Å². The van der Waals surface area contributed by atoms with Gasteiger partial charge >= 0.3 is 0 Å². The molecule has 128 valence electrons. The number of piperidine rings is 1. The molecule has 0 bridgehead atoms. The van der Waals surface area contributed by atoms with Crippen LogP contribution in [-0.4, -0.2) is 40.0 Å². The second kappa shape index (κ2) is 7.72. The number of hydrogen-bond donors (Lipinski definition) is 1. The highest BCUT2D eigenvalue weighted by atomic mass is 32.1. The molecule has 24 heavy (non-hydrogen) atoms. The van der Waals surface area contributed by atoms with Crippen LogP contribution in [0.2, 0.25) is 0 Å². The molecule has 0 radical (unpaired) electrons. The van der Waals surface area contributed by atoms with Gasteiger partial charge in [0.25, 0.3) is 5.91 Å². The van der Waals surface area contributed by atoms with E-state index in [0.717, 1.165) is 30.8 Å². The maximum Gasteiger partial charge on any atom is 0.266 e. The Morgan fingerprint density at radius 3 is 3.12 bits per heavy atom. The predicted molar refractivity (Wildman–Crippen MR) is 93.9 cm³/mol. The fourth-order valence-corrected chi connectivity index (χ4v) is 3.76. The minimum absolute atomic E-state index is 0.0205. The van der Waals surface area contributed by atoms with Gasteiger partial charge in [0.2, 0.25) is 0 Å². The lowest BCUT2D eigenvalue weighted by atomic mass is 10.1. The van der Waals surface area contributed by atoms with E-state index in [2.05, 4.69) is 9.97 Å². The number of likely N-dealkylation sites (tertiary alicyclic amines) is 1. The lowest BCUT2D eigenvalue weighted by Gasteiger charge is -2.32. The molecule has 0 unspecified atom stereocenters. The molecule has 2 aromatic heterocycles. The van der Waals surface area contributed by atoms with Gasteiger partial charge in [-0.15, -0.1) is 0 Å². The highest BCUT2D eigenvalue weighted by Crippen LogP contribution is 2.25. The first-order valence-electron chi connectivity index (χ1n) is 8.23. The van der Waals surface area contributed by atoms with Crippen molar-refractivity contribution in [2.24, 2.45) is 0 Å². The number of nitrogen functional groups attached to an aromatic ring is 1.